The maximum atomic E-state index is 5.07. The largest absolute Gasteiger partial charge is 0.327 e. The average Bonchev–Trinajstić information content (AvgIpc) is 3.54. The molecular weight excluding hydrogens is 578 g/mol. The van der Waals surface area contributed by atoms with Gasteiger partial charge < -0.3 is 14.0 Å². The van der Waals surface area contributed by atoms with Gasteiger partial charge in [-0.15, -0.1) is 0 Å². The van der Waals surface area contributed by atoms with E-state index in [1.165, 1.54) is 5.70 Å². The Morgan fingerprint density at radius 1 is 0.617 bits per heavy atom. The third-order valence-electron chi connectivity index (χ3n) is 10.5. The van der Waals surface area contributed by atoms with Crippen molar-refractivity contribution in [2.45, 2.75) is 23.9 Å². The Bertz CT molecular complexity index is 2560. The molecule has 222 valence electrons. The lowest BCUT2D eigenvalue weighted by molar-refractivity contribution is 0.641. The number of rotatable bonds is 3. The SMILES string of the molecule is C1=CC23CC2(N=C1)c1ncccc1N3C1=CCC(n2c3ccccc3c3ncccc32)=CC(n2c3ccccc3c3ncccc32)=C1. The van der Waals surface area contributed by atoms with E-state index in [1.807, 2.05) is 43.0 Å². The highest BCUT2D eigenvalue weighted by Crippen LogP contribution is 2.71. The van der Waals surface area contributed by atoms with Crippen LogP contribution in [-0.2, 0) is 5.54 Å². The zero-order valence-corrected chi connectivity index (χ0v) is 25.3. The maximum absolute atomic E-state index is 5.07. The lowest BCUT2D eigenvalue weighted by Crippen LogP contribution is -2.36. The monoisotopic (exact) mass is 605 g/mol. The Morgan fingerprint density at radius 2 is 1.28 bits per heavy atom. The van der Waals surface area contributed by atoms with Gasteiger partial charge in [0.25, 0.3) is 0 Å². The van der Waals surface area contributed by atoms with E-state index in [-0.39, 0.29) is 11.1 Å². The van der Waals surface area contributed by atoms with Crippen LogP contribution in [0.3, 0.4) is 0 Å². The minimum Gasteiger partial charge on any atom is -0.327 e. The Labute approximate surface area is 269 Å². The van der Waals surface area contributed by atoms with Crippen molar-refractivity contribution in [3.63, 3.8) is 0 Å². The fourth-order valence-electron chi connectivity index (χ4n) is 8.53. The summed E-state index contributed by atoms with van der Waals surface area (Å²) in [5, 5.41) is 2.28. The molecule has 1 fully saturated rings. The normalized spacial score (nSPS) is 22.6. The van der Waals surface area contributed by atoms with E-state index in [0.29, 0.717) is 0 Å². The summed E-state index contributed by atoms with van der Waals surface area (Å²) in [7, 11) is 0. The van der Waals surface area contributed by atoms with Crippen molar-refractivity contribution < 1.29 is 0 Å². The van der Waals surface area contributed by atoms with Crippen LogP contribution in [-0.4, -0.2) is 35.8 Å². The Balaban J connectivity index is 1.21. The van der Waals surface area contributed by atoms with Crippen LogP contribution in [0, 0.1) is 0 Å². The van der Waals surface area contributed by atoms with Gasteiger partial charge in [0, 0.05) is 59.8 Å². The first-order valence-electron chi connectivity index (χ1n) is 16.1. The molecule has 2 aliphatic heterocycles. The number of hydrogen-bond donors (Lipinski definition) is 0. The molecule has 7 nitrogen and oxygen atoms in total. The number of aromatic nitrogens is 5. The van der Waals surface area contributed by atoms with Crippen LogP contribution >= 0.6 is 0 Å². The number of hydrogen-bond acceptors (Lipinski definition) is 5. The number of allylic oxidation sites excluding steroid dienone is 6. The fraction of sp³-hybridized carbons (Fsp3) is 0.100. The minimum atomic E-state index is -0.342. The van der Waals surface area contributed by atoms with Crippen molar-refractivity contribution in [2.24, 2.45) is 4.99 Å². The summed E-state index contributed by atoms with van der Waals surface area (Å²) < 4.78 is 4.76. The Hall–Kier alpha value is -6.08. The molecule has 0 spiro atoms. The van der Waals surface area contributed by atoms with Crippen molar-refractivity contribution in [2.75, 3.05) is 4.90 Å². The van der Waals surface area contributed by atoms with Gasteiger partial charge in [0.2, 0.25) is 0 Å². The van der Waals surface area contributed by atoms with Crippen LogP contribution in [0.15, 0.2) is 145 Å². The topological polar surface area (TPSA) is 64.1 Å². The van der Waals surface area contributed by atoms with Crippen molar-refractivity contribution in [3.05, 3.63) is 145 Å². The third-order valence-corrected chi connectivity index (χ3v) is 10.5. The number of pyridine rings is 3. The molecule has 0 amide bonds. The molecule has 5 aromatic heterocycles. The van der Waals surface area contributed by atoms with Gasteiger partial charge in [-0.3, -0.25) is 19.9 Å². The number of dihydropyridines is 1. The summed E-state index contributed by atoms with van der Waals surface area (Å²) in [4.78, 5) is 22.2. The van der Waals surface area contributed by atoms with Crippen molar-refractivity contribution in [3.8, 4) is 0 Å². The Kier molecular flexibility index (Phi) is 4.71. The first-order chi connectivity index (χ1) is 23.3. The molecule has 0 N–H and O–H groups in total. The van der Waals surface area contributed by atoms with Crippen LogP contribution in [0.4, 0.5) is 5.69 Å². The molecule has 7 heteroatoms. The van der Waals surface area contributed by atoms with Crippen LogP contribution in [0.25, 0.3) is 55.3 Å². The second-order valence-electron chi connectivity index (χ2n) is 12.8. The van der Waals surface area contributed by atoms with Crippen LogP contribution in [0.2, 0.25) is 0 Å². The average molecular weight is 606 g/mol. The standard InChI is InChI=1S/C40H27N7/c1-3-11-31-29(9-1)36-33(13-5-19-41-36)45(31)26-16-17-27(47-35-15-7-21-43-38(35)40-25-39(40,47)18-8-22-44-40)24-28(23-26)46-32-12-4-2-10-30(32)37-34(46)14-6-20-42-37/h1-15,17-24H,16,25H2. The van der Waals surface area contributed by atoms with Crippen molar-refractivity contribution >= 4 is 67.2 Å². The molecule has 2 unspecified atom stereocenters. The van der Waals surface area contributed by atoms with E-state index in [2.05, 4.69) is 111 Å². The lowest BCUT2D eigenvalue weighted by atomic mass is 10.1. The predicted molar refractivity (Wildman–Crippen MR) is 189 cm³/mol. The molecule has 0 saturated heterocycles. The molecule has 1 saturated carbocycles. The number of aliphatic imine (C=N–C) groups is 1. The summed E-state index contributed by atoms with van der Waals surface area (Å²) >= 11 is 0. The van der Waals surface area contributed by atoms with Crippen LogP contribution < -0.4 is 4.90 Å². The van der Waals surface area contributed by atoms with E-state index in [1.54, 1.807) is 0 Å². The summed E-state index contributed by atoms with van der Waals surface area (Å²) in [6, 6.07) is 29.8. The molecule has 11 rings (SSSR count). The van der Waals surface area contributed by atoms with Crippen molar-refractivity contribution in [1.29, 1.82) is 0 Å². The smallest absolute Gasteiger partial charge is 0.134 e. The number of nitrogens with zero attached hydrogens (tertiary/aromatic N) is 7. The van der Waals surface area contributed by atoms with Gasteiger partial charge in [-0.05, 0) is 66.8 Å². The summed E-state index contributed by atoms with van der Waals surface area (Å²) in [6.07, 6.45) is 20.8. The van der Waals surface area contributed by atoms with Gasteiger partial charge in [-0.25, -0.2) is 0 Å². The first-order valence-corrected chi connectivity index (χ1v) is 16.1. The molecular formula is C40H27N7. The molecule has 47 heavy (non-hydrogen) atoms. The van der Waals surface area contributed by atoms with Crippen LogP contribution in [0.5, 0.6) is 0 Å². The number of anilines is 1. The predicted octanol–water partition coefficient (Wildman–Crippen LogP) is 8.26. The zero-order chi connectivity index (χ0) is 30.7. The molecule has 4 aliphatic rings. The second kappa shape index (κ2) is 8.79. The minimum absolute atomic E-state index is 0.268. The third kappa shape index (κ3) is 3.11. The van der Waals surface area contributed by atoms with Gasteiger partial charge >= 0.3 is 0 Å². The number of benzene rings is 2. The van der Waals surface area contributed by atoms with E-state index < -0.39 is 0 Å². The Morgan fingerprint density at radius 3 is 2.06 bits per heavy atom. The fourth-order valence-corrected chi connectivity index (χ4v) is 8.53. The maximum Gasteiger partial charge on any atom is 0.134 e. The van der Waals surface area contributed by atoms with Gasteiger partial charge in [0.1, 0.15) is 5.54 Å². The van der Waals surface area contributed by atoms with Gasteiger partial charge in [-0.1, -0.05) is 48.6 Å². The molecule has 7 aromatic rings. The van der Waals surface area contributed by atoms with Gasteiger partial charge in [0.05, 0.1) is 55.7 Å². The first kappa shape index (κ1) is 25.2. The quantitative estimate of drug-likeness (QED) is 0.203. The van der Waals surface area contributed by atoms with E-state index in [4.69, 9.17) is 19.9 Å². The molecule has 2 atom stereocenters. The summed E-state index contributed by atoms with van der Waals surface area (Å²) in [5.74, 6) is 0. The van der Waals surface area contributed by atoms with E-state index in [9.17, 15) is 0 Å². The highest BCUT2D eigenvalue weighted by Gasteiger charge is 2.77. The van der Waals surface area contributed by atoms with Crippen molar-refractivity contribution in [1.82, 2.24) is 24.1 Å². The van der Waals surface area contributed by atoms with Crippen LogP contribution in [0.1, 0.15) is 18.5 Å². The molecule has 0 bridgehead atoms. The lowest BCUT2D eigenvalue weighted by Gasteiger charge is -2.31. The van der Waals surface area contributed by atoms with Gasteiger partial charge in [0.15, 0.2) is 0 Å². The van der Waals surface area contributed by atoms with E-state index in [0.717, 1.165) is 79.5 Å². The molecule has 2 aliphatic carbocycles. The zero-order valence-electron chi connectivity index (χ0n) is 25.3. The van der Waals surface area contributed by atoms with E-state index >= 15 is 0 Å². The highest BCUT2D eigenvalue weighted by molar-refractivity contribution is 6.10. The highest BCUT2D eigenvalue weighted by atomic mass is 15.4. The second-order valence-corrected chi connectivity index (χ2v) is 12.8. The molecule has 7 heterocycles. The molecule has 0 radical (unpaired) electrons. The van der Waals surface area contributed by atoms with Gasteiger partial charge in [-0.2, -0.15) is 0 Å². The summed E-state index contributed by atoms with van der Waals surface area (Å²) in [5.41, 5.74) is 11.4. The molecule has 2 aromatic carbocycles. The number of fused-ring (bicyclic) bond motifs is 7. The number of para-hydroxylation sites is 2. The summed E-state index contributed by atoms with van der Waals surface area (Å²) in [6.45, 7) is 0.